The summed E-state index contributed by atoms with van der Waals surface area (Å²) < 4.78 is 19.2. The lowest BCUT2D eigenvalue weighted by atomic mass is 10.1. The summed E-state index contributed by atoms with van der Waals surface area (Å²) in [5.41, 5.74) is 6.97. The second-order valence-corrected chi connectivity index (χ2v) is 4.28. The van der Waals surface area contributed by atoms with Crippen LogP contribution in [0, 0.1) is 22.9 Å². The number of halogens is 1. The van der Waals surface area contributed by atoms with Gasteiger partial charge in [0.1, 0.15) is 5.75 Å². The van der Waals surface area contributed by atoms with Crippen LogP contribution < -0.4 is 10.5 Å². The molecule has 0 aliphatic carbocycles. The predicted molar refractivity (Wildman–Crippen MR) is 72.2 cm³/mol. The molecule has 0 aliphatic rings. The van der Waals surface area contributed by atoms with Crippen LogP contribution in [0.15, 0.2) is 36.4 Å². The van der Waals surface area contributed by atoms with Gasteiger partial charge in [0.05, 0.1) is 11.0 Å². The number of aryl methyl sites for hydroxylation is 1. The molecule has 2 aromatic carbocycles. The highest BCUT2D eigenvalue weighted by Crippen LogP contribution is 2.29. The van der Waals surface area contributed by atoms with E-state index in [9.17, 15) is 14.5 Å². The van der Waals surface area contributed by atoms with Crippen LogP contribution in [-0.4, -0.2) is 4.92 Å². The topological polar surface area (TPSA) is 78.4 Å². The molecule has 0 spiro atoms. The van der Waals surface area contributed by atoms with Crippen molar-refractivity contribution >= 4 is 5.69 Å². The summed E-state index contributed by atoms with van der Waals surface area (Å²) in [6, 6.07) is 8.59. The molecule has 2 rings (SSSR count). The summed E-state index contributed by atoms with van der Waals surface area (Å²) in [6.07, 6.45) is 0. The Morgan fingerprint density at radius 2 is 1.95 bits per heavy atom. The fourth-order valence-corrected chi connectivity index (χ4v) is 1.76. The zero-order valence-electron chi connectivity index (χ0n) is 10.8. The largest absolute Gasteiger partial charge is 0.454 e. The molecule has 0 atom stereocenters. The SMILES string of the molecule is Cc1cc(CN)ccc1Oc1ccc([N+](=O)[O-])cc1F. The number of hydrogen-bond acceptors (Lipinski definition) is 4. The van der Waals surface area contributed by atoms with Gasteiger partial charge in [0.25, 0.3) is 5.69 Å². The molecular weight excluding hydrogens is 263 g/mol. The molecule has 2 N–H and O–H groups in total. The first kappa shape index (κ1) is 14.0. The minimum atomic E-state index is -0.776. The Labute approximate surface area is 114 Å². The molecule has 0 saturated carbocycles. The monoisotopic (exact) mass is 276 g/mol. The Bertz CT molecular complexity index is 659. The minimum Gasteiger partial charge on any atom is -0.454 e. The molecule has 0 aliphatic heterocycles. The number of nitrogens with zero attached hydrogens (tertiary/aromatic N) is 1. The lowest BCUT2D eigenvalue weighted by Gasteiger charge is -2.10. The smallest absolute Gasteiger partial charge is 0.272 e. The van der Waals surface area contributed by atoms with Crippen LogP contribution >= 0.6 is 0 Å². The van der Waals surface area contributed by atoms with E-state index in [0.717, 1.165) is 17.2 Å². The number of non-ortho nitro benzene ring substituents is 1. The van der Waals surface area contributed by atoms with Crippen molar-refractivity contribution in [2.45, 2.75) is 13.5 Å². The lowest BCUT2D eigenvalue weighted by Crippen LogP contribution is -1.98. The second-order valence-electron chi connectivity index (χ2n) is 4.28. The van der Waals surface area contributed by atoms with Crippen LogP contribution in [0.5, 0.6) is 11.5 Å². The van der Waals surface area contributed by atoms with E-state index in [1.165, 1.54) is 12.1 Å². The highest BCUT2D eigenvalue weighted by Gasteiger charge is 2.13. The van der Waals surface area contributed by atoms with Crippen LogP contribution in [0.25, 0.3) is 0 Å². The first-order chi connectivity index (χ1) is 9.51. The molecule has 0 radical (unpaired) electrons. The number of nitrogens with two attached hydrogens (primary N) is 1. The van der Waals surface area contributed by atoms with E-state index in [2.05, 4.69) is 0 Å². The van der Waals surface area contributed by atoms with Crippen molar-refractivity contribution in [2.24, 2.45) is 5.73 Å². The molecule has 0 saturated heterocycles. The number of ether oxygens (including phenoxy) is 1. The van der Waals surface area contributed by atoms with Crippen molar-refractivity contribution in [3.63, 3.8) is 0 Å². The highest BCUT2D eigenvalue weighted by atomic mass is 19.1. The maximum absolute atomic E-state index is 13.7. The molecule has 0 heterocycles. The Hall–Kier alpha value is -2.47. The third-order valence-electron chi connectivity index (χ3n) is 2.82. The fourth-order valence-electron chi connectivity index (χ4n) is 1.76. The lowest BCUT2D eigenvalue weighted by molar-refractivity contribution is -0.385. The van der Waals surface area contributed by atoms with Gasteiger partial charge in [-0.3, -0.25) is 10.1 Å². The van der Waals surface area contributed by atoms with Gasteiger partial charge < -0.3 is 10.5 Å². The first-order valence-corrected chi connectivity index (χ1v) is 5.92. The number of benzene rings is 2. The molecule has 0 bridgehead atoms. The zero-order chi connectivity index (χ0) is 14.7. The van der Waals surface area contributed by atoms with Crippen molar-refractivity contribution in [1.29, 1.82) is 0 Å². The average molecular weight is 276 g/mol. The molecular formula is C14H13FN2O3. The van der Waals surface area contributed by atoms with E-state index in [1.54, 1.807) is 12.1 Å². The Morgan fingerprint density at radius 3 is 2.50 bits per heavy atom. The maximum atomic E-state index is 13.7. The van der Waals surface area contributed by atoms with Gasteiger partial charge in [0.2, 0.25) is 0 Å². The van der Waals surface area contributed by atoms with Crippen molar-refractivity contribution in [2.75, 3.05) is 0 Å². The van der Waals surface area contributed by atoms with Crippen LogP contribution in [-0.2, 0) is 6.54 Å². The number of nitro groups is 1. The van der Waals surface area contributed by atoms with Crippen molar-refractivity contribution in [3.05, 3.63) is 63.5 Å². The summed E-state index contributed by atoms with van der Waals surface area (Å²) in [4.78, 5) is 9.88. The molecule has 0 aromatic heterocycles. The zero-order valence-corrected chi connectivity index (χ0v) is 10.8. The Kier molecular flexibility index (Phi) is 3.95. The molecule has 104 valence electrons. The first-order valence-electron chi connectivity index (χ1n) is 5.92. The van der Waals surface area contributed by atoms with Gasteiger partial charge >= 0.3 is 0 Å². The van der Waals surface area contributed by atoms with Gasteiger partial charge in [0.15, 0.2) is 11.6 Å². The molecule has 0 fully saturated rings. The van der Waals surface area contributed by atoms with E-state index in [-0.39, 0.29) is 11.4 Å². The standard InChI is InChI=1S/C14H13FN2O3/c1-9-6-10(8-16)2-4-13(9)20-14-5-3-11(17(18)19)7-12(14)15/h2-7H,8,16H2,1H3. The second kappa shape index (κ2) is 5.66. The van der Waals surface area contributed by atoms with Crippen LogP contribution in [0.1, 0.15) is 11.1 Å². The van der Waals surface area contributed by atoms with Gasteiger partial charge in [-0.15, -0.1) is 0 Å². The van der Waals surface area contributed by atoms with E-state index in [1.807, 2.05) is 13.0 Å². The fraction of sp³-hybridized carbons (Fsp3) is 0.143. The van der Waals surface area contributed by atoms with Crippen LogP contribution in [0.3, 0.4) is 0 Å². The van der Waals surface area contributed by atoms with Crippen molar-refractivity contribution < 1.29 is 14.1 Å². The van der Waals surface area contributed by atoms with Gasteiger partial charge in [0, 0.05) is 12.6 Å². The van der Waals surface area contributed by atoms with Crippen molar-refractivity contribution in [1.82, 2.24) is 0 Å². The van der Waals surface area contributed by atoms with Gasteiger partial charge in [-0.1, -0.05) is 12.1 Å². The molecule has 0 unspecified atom stereocenters. The Morgan fingerprint density at radius 1 is 1.25 bits per heavy atom. The highest BCUT2D eigenvalue weighted by molar-refractivity contribution is 5.43. The van der Waals surface area contributed by atoms with Gasteiger partial charge in [-0.2, -0.15) is 0 Å². The van der Waals surface area contributed by atoms with E-state index < -0.39 is 10.7 Å². The van der Waals surface area contributed by atoms with Gasteiger partial charge in [-0.25, -0.2) is 4.39 Å². The number of hydrogen-bond donors (Lipinski definition) is 1. The third kappa shape index (κ3) is 2.92. The minimum absolute atomic E-state index is 0.0563. The van der Waals surface area contributed by atoms with E-state index in [0.29, 0.717) is 12.3 Å². The average Bonchev–Trinajstić information content (AvgIpc) is 2.42. The Balaban J connectivity index is 2.28. The summed E-state index contributed by atoms with van der Waals surface area (Å²) in [6.45, 7) is 2.23. The maximum Gasteiger partial charge on any atom is 0.272 e. The molecule has 0 amide bonds. The predicted octanol–water partition coefficient (Wildman–Crippen LogP) is 3.29. The normalized spacial score (nSPS) is 10.3. The number of rotatable bonds is 4. The van der Waals surface area contributed by atoms with E-state index >= 15 is 0 Å². The summed E-state index contributed by atoms with van der Waals surface area (Å²) in [7, 11) is 0. The summed E-state index contributed by atoms with van der Waals surface area (Å²) in [5.74, 6) is -0.351. The number of nitro benzene ring substituents is 1. The van der Waals surface area contributed by atoms with Crippen LogP contribution in [0.4, 0.5) is 10.1 Å². The molecule has 5 nitrogen and oxygen atoms in total. The van der Waals surface area contributed by atoms with E-state index in [4.69, 9.17) is 10.5 Å². The molecule has 6 heteroatoms. The summed E-state index contributed by atoms with van der Waals surface area (Å²) in [5, 5.41) is 10.5. The third-order valence-corrected chi connectivity index (χ3v) is 2.82. The molecule has 20 heavy (non-hydrogen) atoms. The summed E-state index contributed by atoms with van der Waals surface area (Å²) >= 11 is 0. The van der Waals surface area contributed by atoms with Gasteiger partial charge in [-0.05, 0) is 30.2 Å². The quantitative estimate of drug-likeness (QED) is 0.686. The molecule has 2 aromatic rings. The van der Waals surface area contributed by atoms with Crippen molar-refractivity contribution in [3.8, 4) is 11.5 Å². The van der Waals surface area contributed by atoms with Crippen LogP contribution in [0.2, 0.25) is 0 Å².